The second kappa shape index (κ2) is 9.32. The average Bonchev–Trinajstić information content (AvgIpc) is 2.71. The van der Waals surface area contributed by atoms with Gasteiger partial charge in [0.05, 0.1) is 39.1 Å². The predicted octanol–water partition coefficient (Wildman–Crippen LogP) is 4.34. The maximum Gasteiger partial charge on any atom is 0.274 e. The van der Waals surface area contributed by atoms with E-state index < -0.39 is 17.4 Å². The van der Waals surface area contributed by atoms with Crippen molar-refractivity contribution in [1.29, 1.82) is 0 Å². The van der Waals surface area contributed by atoms with Gasteiger partial charge >= 0.3 is 0 Å². The van der Waals surface area contributed by atoms with E-state index in [4.69, 9.17) is 34.8 Å². The van der Waals surface area contributed by atoms with Crippen LogP contribution in [0, 0.1) is 0 Å². The molecule has 0 radical (unpaired) electrons. The van der Waals surface area contributed by atoms with E-state index >= 15 is 0 Å². The van der Waals surface area contributed by atoms with E-state index in [0.717, 1.165) is 0 Å². The molecule has 0 fully saturated rings. The summed E-state index contributed by atoms with van der Waals surface area (Å²) in [6.07, 6.45) is 1.32. The van der Waals surface area contributed by atoms with Gasteiger partial charge in [-0.25, -0.2) is 5.48 Å². The SMILES string of the molecule is CONC(=O)c1ccc(Cl)c(NC(=O)c2ccc(=O)n(-c3c(Cl)cccc3Cl)c2)c1. The Balaban J connectivity index is 1.95. The van der Waals surface area contributed by atoms with Crippen molar-refractivity contribution in [3.05, 3.63) is 91.3 Å². The number of hydrogen-bond acceptors (Lipinski definition) is 4. The van der Waals surface area contributed by atoms with Gasteiger partial charge in [-0.15, -0.1) is 0 Å². The first kappa shape index (κ1) is 21.9. The maximum atomic E-state index is 12.8. The lowest BCUT2D eigenvalue weighted by molar-refractivity contribution is 0.0537. The summed E-state index contributed by atoms with van der Waals surface area (Å²) in [6, 6.07) is 11.7. The quantitative estimate of drug-likeness (QED) is 0.547. The molecule has 3 aromatic rings. The summed E-state index contributed by atoms with van der Waals surface area (Å²) in [5.41, 5.74) is 2.60. The van der Waals surface area contributed by atoms with E-state index in [1.807, 2.05) is 0 Å². The number of hydroxylamine groups is 1. The fraction of sp³-hybridized carbons (Fsp3) is 0.0500. The van der Waals surface area contributed by atoms with Gasteiger partial charge < -0.3 is 5.32 Å². The minimum atomic E-state index is -0.557. The highest BCUT2D eigenvalue weighted by atomic mass is 35.5. The number of carbonyl (C=O) groups is 2. The number of pyridine rings is 1. The topological polar surface area (TPSA) is 89.4 Å². The van der Waals surface area contributed by atoms with Gasteiger partial charge in [-0.1, -0.05) is 40.9 Å². The number of halogens is 3. The van der Waals surface area contributed by atoms with Crippen molar-refractivity contribution in [3.63, 3.8) is 0 Å². The third-order valence-electron chi connectivity index (χ3n) is 4.02. The van der Waals surface area contributed by atoms with Crippen molar-refractivity contribution in [2.24, 2.45) is 0 Å². The van der Waals surface area contributed by atoms with Gasteiger partial charge in [0.25, 0.3) is 17.4 Å². The maximum absolute atomic E-state index is 12.8. The van der Waals surface area contributed by atoms with E-state index in [2.05, 4.69) is 15.6 Å². The molecule has 7 nitrogen and oxygen atoms in total. The summed E-state index contributed by atoms with van der Waals surface area (Å²) in [5.74, 6) is -1.07. The zero-order valence-corrected chi connectivity index (χ0v) is 17.7. The van der Waals surface area contributed by atoms with Crippen LogP contribution in [-0.2, 0) is 4.84 Å². The first-order valence-corrected chi connectivity index (χ1v) is 9.56. The summed E-state index contributed by atoms with van der Waals surface area (Å²) < 4.78 is 1.18. The van der Waals surface area contributed by atoms with Crippen LogP contribution in [-0.4, -0.2) is 23.5 Å². The molecule has 1 aromatic heterocycles. The number of nitrogens with zero attached hydrogens (tertiary/aromatic N) is 1. The molecular weight excluding hydrogens is 453 g/mol. The number of carbonyl (C=O) groups excluding carboxylic acids is 2. The molecule has 0 unspecified atom stereocenters. The second-order valence-corrected chi connectivity index (χ2v) is 7.20. The van der Waals surface area contributed by atoms with Crippen molar-refractivity contribution in [2.45, 2.75) is 0 Å². The minimum Gasteiger partial charge on any atom is -0.321 e. The standard InChI is InChI=1S/C20H14Cl3N3O4/c1-30-25-20(29)11-5-7-13(21)16(9-11)24-19(28)12-6-8-17(27)26(10-12)18-14(22)3-2-4-15(18)23/h2-10H,1H3,(H,24,28)(H,25,29). The van der Waals surface area contributed by atoms with Crippen LogP contribution in [0.5, 0.6) is 0 Å². The Bertz CT molecular complexity index is 1170. The van der Waals surface area contributed by atoms with Crippen LogP contribution in [0.3, 0.4) is 0 Å². The molecule has 2 N–H and O–H groups in total. The molecule has 0 spiro atoms. The zero-order valence-electron chi connectivity index (χ0n) is 15.4. The molecule has 0 aliphatic heterocycles. The van der Waals surface area contributed by atoms with Gasteiger partial charge in [0.15, 0.2) is 0 Å². The van der Waals surface area contributed by atoms with Gasteiger partial charge in [0.2, 0.25) is 0 Å². The van der Waals surface area contributed by atoms with E-state index in [1.165, 1.54) is 48.2 Å². The first-order chi connectivity index (χ1) is 14.3. The highest BCUT2D eigenvalue weighted by Gasteiger charge is 2.15. The second-order valence-electron chi connectivity index (χ2n) is 5.98. The number of rotatable bonds is 5. The van der Waals surface area contributed by atoms with Crippen LogP contribution in [0.15, 0.2) is 59.5 Å². The predicted molar refractivity (Wildman–Crippen MR) is 116 cm³/mol. The molecule has 3 rings (SSSR count). The van der Waals surface area contributed by atoms with Crippen LogP contribution in [0.2, 0.25) is 15.1 Å². The Hall–Kier alpha value is -2.84. The summed E-state index contributed by atoms with van der Waals surface area (Å²) in [7, 11) is 1.30. The Kier molecular flexibility index (Phi) is 6.79. The van der Waals surface area contributed by atoms with Gasteiger partial charge in [0, 0.05) is 17.8 Å². The van der Waals surface area contributed by atoms with Crippen LogP contribution < -0.4 is 16.4 Å². The van der Waals surface area contributed by atoms with Crippen molar-refractivity contribution in [1.82, 2.24) is 10.0 Å². The summed E-state index contributed by atoms with van der Waals surface area (Å²) in [6.45, 7) is 0. The van der Waals surface area contributed by atoms with E-state index in [-0.39, 0.29) is 37.6 Å². The van der Waals surface area contributed by atoms with Crippen LogP contribution in [0.1, 0.15) is 20.7 Å². The van der Waals surface area contributed by atoms with Gasteiger partial charge in [-0.2, -0.15) is 0 Å². The smallest absolute Gasteiger partial charge is 0.274 e. The van der Waals surface area contributed by atoms with Crippen LogP contribution >= 0.6 is 34.8 Å². The molecule has 0 aliphatic carbocycles. The largest absolute Gasteiger partial charge is 0.321 e. The van der Waals surface area contributed by atoms with Crippen molar-refractivity contribution in [2.75, 3.05) is 12.4 Å². The fourth-order valence-electron chi connectivity index (χ4n) is 2.62. The number of anilines is 1. The molecule has 0 aliphatic rings. The number of nitrogens with one attached hydrogen (secondary N) is 2. The number of aromatic nitrogens is 1. The molecule has 0 bridgehead atoms. The zero-order chi connectivity index (χ0) is 21.8. The Morgan fingerprint density at radius 3 is 2.23 bits per heavy atom. The highest BCUT2D eigenvalue weighted by molar-refractivity contribution is 6.37. The lowest BCUT2D eigenvalue weighted by Crippen LogP contribution is -2.23. The normalized spacial score (nSPS) is 10.5. The molecule has 0 saturated carbocycles. The molecule has 2 aromatic carbocycles. The van der Waals surface area contributed by atoms with E-state index in [9.17, 15) is 14.4 Å². The third-order valence-corrected chi connectivity index (χ3v) is 4.96. The molecule has 0 saturated heterocycles. The fourth-order valence-corrected chi connectivity index (χ4v) is 3.37. The Labute approximate surface area is 186 Å². The number of para-hydroxylation sites is 1. The average molecular weight is 467 g/mol. The monoisotopic (exact) mass is 465 g/mol. The first-order valence-electron chi connectivity index (χ1n) is 8.43. The number of hydrogen-bond donors (Lipinski definition) is 2. The Morgan fingerprint density at radius 1 is 0.900 bits per heavy atom. The lowest BCUT2D eigenvalue weighted by Gasteiger charge is -2.13. The van der Waals surface area contributed by atoms with Crippen molar-refractivity contribution >= 4 is 52.3 Å². The van der Waals surface area contributed by atoms with Crippen molar-refractivity contribution in [3.8, 4) is 5.69 Å². The molecule has 30 heavy (non-hydrogen) atoms. The number of amides is 2. The molecular formula is C20H14Cl3N3O4. The molecule has 0 atom stereocenters. The summed E-state index contributed by atoms with van der Waals surface area (Å²) in [5, 5.41) is 3.34. The van der Waals surface area contributed by atoms with Crippen LogP contribution in [0.4, 0.5) is 5.69 Å². The summed E-state index contributed by atoms with van der Waals surface area (Å²) in [4.78, 5) is 41.6. The molecule has 2 amide bonds. The lowest BCUT2D eigenvalue weighted by atomic mass is 10.1. The number of benzene rings is 2. The Morgan fingerprint density at radius 2 is 1.57 bits per heavy atom. The van der Waals surface area contributed by atoms with Crippen LogP contribution in [0.25, 0.3) is 5.69 Å². The van der Waals surface area contributed by atoms with Gasteiger partial charge in [-0.05, 0) is 36.4 Å². The summed E-state index contributed by atoms with van der Waals surface area (Å²) >= 11 is 18.5. The molecule has 1 heterocycles. The van der Waals surface area contributed by atoms with E-state index in [1.54, 1.807) is 18.2 Å². The van der Waals surface area contributed by atoms with Crippen molar-refractivity contribution < 1.29 is 14.4 Å². The minimum absolute atomic E-state index is 0.147. The van der Waals surface area contributed by atoms with Gasteiger partial charge in [-0.3, -0.25) is 23.8 Å². The van der Waals surface area contributed by atoms with E-state index in [0.29, 0.717) is 0 Å². The third kappa shape index (κ3) is 4.66. The molecule has 154 valence electrons. The highest BCUT2D eigenvalue weighted by Crippen LogP contribution is 2.28. The molecule has 10 heteroatoms. The van der Waals surface area contributed by atoms with Gasteiger partial charge in [0.1, 0.15) is 0 Å².